The van der Waals surface area contributed by atoms with Gasteiger partial charge >= 0.3 is 6.18 Å². The van der Waals surface area contributed by atoms with Crippen LogP contribution in [0.1, 0.15) is 41.0 Å². The molecule has 11 heteroatoms. The summed E-state index contributed by atoms with van der Waals surface area (Å²) < 4.78 is 71.6. The smallest absolute Gasteiger partial charge is 0.416 e. The number of aromatic nitrogens is 2. The van der Waals surface area contributed by atoms with Gasteiger partial charge in [-0.15, -0.1) is 12.4 Å². The van der Waals surface area contributed by atoms with E-state index in [1.807, 2.05) is 18.2 Å². The predicted molar refractivity (Wildman–Crippen MR) is 133 cm³/mol. The highest BCUT2D eigenvalue weighted by Gasteiger charge is 2.32. The number of imidazole rings is 1. The number of ether oxygens (including phenoxy) is 1. The SMILES string of the molecule is Cl.Cn1cnc(S(=O)(=O)CCCOc2ccc3c(c2)C(Cc2cccc(C(F)(F)F)c2)C(N)CC3)c1. The van der Waals surface area contributed by atoms with Crippen LogP contribution < -0.4 is 10.5 Å². The largest absolute Gasteiger partial charge is 0.494 e. The predicted octanol–water partition coefficient (Wildman–Crippen LogP) is 4.70. The molecule has 2 unspecified atom stereocenters. The van der Waals surface area contributed by atoms with Gasteiger partial charge in [0.25, 0.3) is 0 Å². The standard InChI is InChI=1S/C25H28F3N3O3S.ClH/c1-31-15-24(30-16-31)35(32,33)11-3-10-34-20-8-6-18-7-9-23(29)22(21(18)14-20)13-17-4-2-5-19(12-17)25(26,27)28;/h2,4-6,8,12,14-16,22-23H,3,7,9-11,13,29H2,1H3;1H. The quantitative estimate of drug-likeness (QED) is 0.416. The number of hydrogen-bond acceptors (Lipinski definition) is 5. The van der Waals surface area contributed by atoms with Crippen molar-refractivity contribution in [1.29, 1.82) is 0 Å². The van der Waals surface area contributed by atoms with Crippen LogP contribution in [0.15, 0.2) is 60.0 Å². The van der Waals surface area contributed by atoms with Crippen molar-refractivity contribution >= 4 is 22.2 Å². The molecule has 0 radical (unpaired) electrons. The van der Waals surface area contributed by atoms with Crippen molar-refractivity contribution in [1.82, 2.24) is 9.55 Å². The van der Waals surface area contributed by atoms with E-state index in [-0.39, 0.29) is 41.8 Å². The number of rotatable bonds is 8. The van der Waals surface area contributed by atoms with Gasteiger partial charge in [0.1, 0.15) is 5.75 Å². The summed E-state index contributed by atoms with van der Waals surface area (Å²) in [5.41, 5.74) is 8.40. The summed E-state index contributed by atoms with van der Waals surface area (Å²) >= 11 is 0. The Morgan fingerprint density at radius 2 is 1.97 bits per heavy atom. The fourth-order valence-electron chi connectivity index (χ4n) is 4.47. The molecule has 1 heterocycles. The normalized spacial score (nSPS) is 17.8. The van der Waals surface area contributed by atoms with Crippen LogP contribution in [-0.4, -0.2) is 36.4 Å². The van der Waals surface area contributed by atoms with Gasteiger partial charge in [-0.05, 0) is 60.6 Å². The van der Waals surface area contributed by atoms with Crippen LogP contribution in [0.2, 0.25) is 0 Å². The minimum atomic E-state index is -4.40. The first-order chi connectivity index (χ1) is 16.5. The van der Waals surface area contributed by atoms with E-state index in [9.17, 15) is 21.6 Å². The third-order valence-electron chi connectivity index (χ3n) is 6.32. The maximum Gasteiger partial charge on any atom is 0.416 e. The van der Waals surface area contributed by atoms with Crippen LogP contribution in [0.4, 0.5) is 13.2 Å². The summed E-state index contributed by atoms with van der Waals surface area (Å²) in [6, 6.07) is 10.9. The van der Waals surface area contributed by atoms with Crippen molar-refractivity contribution < 1.29 is 26.3 Å². The van der Waals surface area contributed by atoms with Gasteiger partial charge < -0.3 is 15.0 Å². The molecule has 2 atom stereocenters. The zero-order valence-corrected chi connectivity index (χ0v) is 21.4. The van der Waals surface area contributed by atoms with Crippen LogP contribution in [0, 0.1) is 0 Å². The molecule has 0 bridgehead atoms. The van der Waals surface area contributed by atoms with Crippen molar-refractivity contribution in [2.45, 2.75) is 48.8 Å². The molecule has 0 saturated carbocycles. The highest BCUT2D eigenvalue weighted by molar-refractivity contribution is 7.91. The van der Waals surface area contributed by atoms with Crippen LogP contribution >= 0.6 is 12.4 Å². The summed E-state index contributed by atoms with van der Waals surface area (Å²) in [6.07, 6.45) is 0.742. The van der Waals surface area contributed by atoms with Crippen LogP contribution in [0.3, 0.4) is 0 Å². The van der Waals surface area contributed by atoms with Crippen molar-refractivity contribution in [3.05, 3.63) is 77.2 Å². The fraction of sp³-hybridized carbons (Fsp3) is 0.400. The lowest BCUT2D eigenvalue weighted by atomic mass is 9.76. The first-order valence-electron chi connectivity index (χ1n) is 11.4. The molecule has 0 saturated heterocycles. The van der Waals surface area contributed by atoms with Gasteiger partial charge in [0.2, 0.25) is 0 Å². The number of halogens is 4. The van der Waals surface area contributed by atoms with E-state index in [1.54, 1.807) is 17.7 Å². The molecule has 0 fully saturated rings. The van der Waals surface area contributed by atoms with Gasteiger partial charge in [-0.1, -0.05) is 24.3 Å². The Kier molecular flexibility index (Phi) is 8.74. The molecule has 2 N–H and O–H groups in total. The second-order valence-electron chi connectivity index (χ2n) is 8.97. The third-order valence-corrected chi connectivity index (χ3v) is 7.99. The van der Waals surface area contributed by atoms with Crippen LogP contribution in [-0.2, 0) is 35.9 Å². The molecule has 36 heavy (non-hydrogen) atoms. The molecule has 196 valence electrons. The Morgan fingerprint density at radius 1 is 1.19 bits per heavy atom. The topological polar surface area (TPSA) is 87.2 Å². The van der Waals surface area contributed by atoms with Crippen molar-refractivity contribution in [2.24, 2.45) is 12.8 Å². The Hall–Kier alpha value is -2.56. The van der Waals surface area contributed by atoms with E-state index in [2.05, 4.69) is 4.98 Å². The van der Waals surface area contributed by atoms with E-state index in [0.717, 1.165) is 30.0 Å². The lowest BCUT2D eigenvalue weighted by Gasteiger charge is -2.32. The molecule has 0 spiro atoms. The molecule has 0 aliphatic heterocycles. The highest BCUT2D eigenvalue weighted by atomic mass is 35.5. The van der Waals surface area contributed by atoms with Gasteiger partial charge in [0.05, 0.1) is 24.3 Å². The van der Waals surface area contributed by atoms with Gasteiger partial charge in [0.15, 0.2) is 14.9 Å². The summed E-state index contributed by atoms with van der Waals surface area (Å²) in [6.45, 7) is 0.204. The van der Waals surface area contributed by atoms with Gasteiger partial charge in [-0.25, -0.2) is 13.4 Å². The number of nitrogens with two attached hydrogens (primary N) is 1. The van der Waals surface area contributed by atoms with Crippen LogP contribution in [0.5, 0.6) is 5.75 Å². The molecule has 2 aromatic carbocycles. The Balaban J connectivity index is 0.00000361. The van der Waals surface area contributed by atoms with E-state index in [4.69, 9.17) is 10.5 Å². The van der Waals surface area contributed by atoms with E-state index >= 15 is 0 Å². The molecular formula is C25H29ClF3N3O3S. The summed E-state index contributed by atoms with van der Waals surface area (Å²) in [4.78, 5) is 3.90. The monoisotopic (exact) mass is 543 g/mol. The first-order valence-corrected chi connectivity index (χ1v) is 13.1. The van der Waals surface area contributed by atoms with Gasteiger partial charge in [-0.3, -0.25) is 0 Å². The second-order valence-corrected chi connectivity index (χ2v) is 11.0. The minimum absolute atomic E-state index is 0. The zero-order valence-electron chi connectivity index (χ0n) is 19.7. The zero-order chi connectivity index (χ0) is 25.2. The number of benzene rings is 2. The Morgan fingerprint density at radius 3 is 2.67 bits per heavy atom. The molecule has 6 nitrogen and oxygen atoms in total. The molecule has 1 aromatic heterocycles. The third kappa shape index (κ3) is 6.60. The number of sulfone groups is 1. The molecule has 1 aliphatic rings. The average molecular weight is 544 g/mol. The fourth-order valence-corrected chi connectivity index (χ4v) is 5.71. The minimum Gasteiger partial charge on any atom is -0.494 e. The van der Waals surface area contributed by atoms with Gasteiger partial charge in [0, 0.05) is 25.2 Å². The lowest BCUT2D eigenvalue weighted by Crippen LogP contribution is -2.34. The maximum atomic E-state index is 13.2. The van der Waals surface area contributed by atoms with E-state index in [0.29, 0.717) is 24.2 Å². The van der Waals surface area contributed by atoms with Crippen molar-refractivity contribution in [3.8, 4) is 5.75 Å². The maximum absolute atomic E-state index is 13.2. The van der Waals surface area contributed by atoms with E-state index < -0.39 is 21.6 Å². The number of nitrogens with zero attached hydrogens (tertiary/aromatic N) is 2. The van der Waals surface area contributed by atoms with Crippen molar-refractivity contribution in [3.63, 3.8) is 0 Å². The summed E-state index contributed by atoms with van der Waals surface area (Å²) in [7, 11) is -1.78. The number of fused-ring (bicyclic) bond motifs is 1. The lowest BCUT2D eigenvalue weighted by molar-refractivity contribution is -0.137. The molecule has 1 aliphatic carbocycles. The Bertz CT molecular complexity index is 1290. The van der Waals surface area contributed by atoms with Gasteiger partial charge in [-0.2, -0.15) is 13.2 Å². The number of hydrogen-bond donors (Lipinski definition) is 1. The second kappa shape index (κ2) is 11.2. The van der Waals surface area contributed by atoms with Crippen LogP contribution in [0.25, 0.3) is 0 Å². The summed E-state index contributed by atoms with van der Waals surface area (Å²) in [5.74, 6) is 0.357. The van der Waals surface area contributed by atoms with E-state index in [1.165, 1.54) is 24.7 Å². The Labute approximate surface area is 215 Å². The molecule has 0 amide bonds. The average Bonchev–Trinajstić information content (AvgIpc) is 3.26. The molecule has 3 aromatic rings. The molecule has 4 rings (SSSR count). The summed E-state index contributed by atoms with van der Waals surface area (Å²) in [5, 5.41) is 0.0419. The number of aryl methyl sites for hydroxylation is 2. The number of alkyl halides is 3. The highest BCUT2D eigenvalue weighted by Crippen LogP contribution is 2.37. The van der Waals surface area contributed by atoms with Crippen molar-refractivity contribution in [2.75, 3.05) is 12.4 Å². The molecular weight excluding hydrogens is 515 g/mol. The first kappa shape index (κ1) is 28.0.